The highest BCUT2D eigenvalue weighted by atomic mass is 19.4. The second kappa shape index (κ2) is 7.04. The first-order valence-electron chi connectivity index (χ1n) is 7.15. The number of alkyl halides is 9. The third-order valence-electron chi connectivity index (χ3n) is 3.45. The van der Waals surface area contributed by atoms with Crippen LogP contribution >= 0.6 is 0 Å². The molecule has 0 unspecified atom stereocenters. The average molecular weight is 434 g/mol. The molecule has 29 heavy (non-hydrogen) atoms. The van der Waals surface area contributed by atoms with Gasteiger partial charge in [-0.2, -0.15) is 39.5 Å². The number of benzene rings is 2. The number of hydrogen-bond acceptors (Lipinski definition) is 3. The molecule has 158 valence electrons. The molecule has 0 amide bonds. The van der Waals surface area contributed by atoms with E-state index in [1.54, 1.807) is 0 Å². The summed E-state index contributed by atoms with van der Waals surface area (Å²) >= 11 is 0. The zero-order valence-electron chi connectivity index (χ0n) is 13.5. The van der Waals surface area contributed by atoms with Gasteiger partial charge in [0.15, 0.2) is 5.75 Å². The van der Waals surface area contributed by atoms with Gasteiger partial charge in [-0.3, -0.25) is 0 Å². The molecule has 0 saturated heterocycles. The van der Waals surface area contributed by atoms with Crippen LogP contribution in [-0.4, -0.2) is 16.2 Å². The van der Waals surface area contributed by atoms with Gasteiger partial charge in [-0.05, 0) is 24.3 Å². The lowest BCUT2D eigenvalue weighted by Crippen LogP contribution is -2.17. The molecule has 0 aromatic heterocycles. The van der Waals surface area contributed by atoms with E-state index in [0.29, 0.717) is 18.2 Å². The molecule has 2 N–H and O–H groups in total. The molecule has 2 aromatic rings. The second-order valence-corrected chi connectivity index (χ2v) is 5.48. The van der Waals surface area contributed by atoms with Crippen LogP contribution in [0, 0.1) is 0 Å². The predicted octanol–water partition coefficient (Wildman–Crippen LogP) is 5.94. The summed E-state index contributed by atoms with van der Waals surface area (Å²) in [6.07, 6.45) is -16.8. The fraction of sp³-hybridized carbons (Fsp3) is 0.188. The summed E-state index contributed by atoms with van der Waals surface area (Å²) in [7, 11) is 0. The van der Waals surface area contributed by atoms with Gasteiger partial charge in [0.25, 0.3) is 0 Å². The third kappa shape index (κ3) is 4.84. The zero-order chi connectivity index (χ0) is 22.4. The van der Waals surface area contributed by atoms with Crippen LogP contribution in [0.4, 0.5) is 39.5 Å². The van der Waals surface area contributed by atoms with E-state index in [-0.39, 0.29) is 0 Å². The van der Waals surface area contributed by atoms with Gasteiger partial charge in [0.1, 0.15) is 17.1 Å². The molecular formula is C16H7F9O4. The van der Waals surface area contributed by atoms with Crippen LogP contribution in [0.3, 0.4) is 0 Å². The number of carbonyl (C=O) groups is 1. The van der Waals surface area contributed by atoms with Crippen molar-refractivity contribution >= 4 is 5.97 Å². The van der Waals surface area contributed by atoms with E-state index in [2.05, 4.69) is 4.74 Å². The number of hydrogen-bond donors (Lipinski definition) is 2. The van der Waals surface area contributed by atoms with Crippen LogP contribution < -0.4 is 4.74 Å². The summed E-state index contributed by atoms with van der Waals surface area (Å²) in [6, 6.07) is 0.562. The van der Waals surface area contributed by atoms with Crippen molar-refractivity contribution in [1.82, 2.24) is 0 Å². The van der Waals surface area contributed by atoms with Crippen molar-refractivity contribution in [2.75, 3.05) is 0 Å². The standard InChI is InChI=1S/C16H7F9O4/c17-14(18,19)6-3-9(15(20,21)22)12(10(4-6)16(23,24)25)29-7-1-2-8(13(27)28)11(26)5-7/h1-5,26H,(H,27,28). The molecule has 0 atom stereocenters. The zero-order valence-corrected chi connectivity index (χ0v) is 13.5. The first kappa shape index (κ1) is 22.2. The van der Waals surface area contributed by atoms with Gasteiger partial charge < -0.3 is 14.9 Å². The summed E-state index contributed by atoms with van der Waals surface area (Å²) in [5.74, 6) is -5.57. The molecule has 0 radical (unpaired) electrons. The van der Waals surface area contributed by atoms with Gasteiger partial charge in [0.05, 0.1) is 16.7 Å². The molecule has 0 spiro atoms. The van der Waals surface area contributed by atoms with Gasteiger partial charge in [-0.1, -0.05) is 0 Å². The Hall–Kier alpha value is -3.12. The number of aromatic carboxylic acids is 1. The molecule has 0 heterocycles. The predicted molar refractivity (Wildman–Crippen MR) is 76.6 cm³/mol. The molecular weight excluding hydrogens is 427 g/mol. The van der Waals surface area contributed by atoms with Crippen LogP contribution in [0.1, 0.15) is 27.0 Å². The van der Waals surface area contributed by atoms with Crippen LogP contribution in [-0.2, 0) is 18.5 Å². The monoisotopic (exact) mass is 434 g/mol. The fourth-order valence-electron chi connectivity index (χ4n) is 2.20. The maximum atomic E-state index is 13.2. The average Bonchev–Trinajstić information content (AvgIpc) is 2.51. The Morgan fingerprint density at radius 2 is 1.28 bits per heavy atom. The minimum atomic E-state index is -5.67. The van der Waals surface area contributed by atoms with Crippen LogP contribution in [0.5, 0.6) is 17.2 Å². The molecule has 0 fully saturated rings. The topological polar surface area (TPSA) is 66.8 Å². The first-order chi connectivity index (χ1) is 13.0. The van der Waals surface area contributed by atoms with Crippen molar-refractivity contribution in [1.29, 1.82) is 0 Å². The van der Waals surface area contributed by atoms with Gasteiger partial charge in [0, 0.05) is 6.07 Å². The SMILES string of the molecule is O=C(O)c1ccc(Oc2c(C(F)(F)F)cc(C(F)(F)F)cc2C(F)(F)F)cc1O. The highest BCUT2D eigenvalue weighted by Crippen LogP contribution is 2.48. The molecule has 0 aliphatic rings. The number of carboxylic acids is 1. The Morgan fingerprint density at radius 3 is 1.62 bits per heavy atom. The Balaban J connectivity index is 2.75. The van der Waals surface area contributed by atoms with Crippen molar-refractivity contribution in [3.63, 3.8) is 0 Å². The third-order valence-corrected chi connectivity index (χ3v) is 3.45. The van der Waals surface area contributed by atoms with Gasteiger partial charge in [-0.25, -0.2) is 4.79 Å². The van der Waals surface area contributed by atoms with E-state index < -0.39 is 76.1 Å². The maximum Gasteiger partial charge on any atom is 0.420 e. The van der Waals surface area contributed by atoms with Crippen molar-refractivity contribution in [3.8, 4) is 17.2 Å². The largest absolute Gasteiger partial charge is 0.507 e. The lowest BCUT2D eigenvalue weighted by atomic mass is 10.0. The molecule has 0 aliphatic carbocycles. The number of halogens is 9. The van der Waals surface area contributed by atoms with E-state index in [4.69, 9.17) is 5.11 Å². The quantitative estimate of drug-likeness (QED) is 0.587. The number of rotatable bonds is 3. The smallest absolute Gasteiger partial charge is 0.420 e. The van der Waals surface area contributed by atoms with E-state index in [1.165, 1.54) is 0 Å². The minimum absolute atomic E-state index is 0.404. The minimum Gasteiger partial charge on any atom is -0.507 e. The lowest BCUT2D eigenvalue weighted by Gasteiger charge is -2.21. The van der Waals surface area contributed by atoms with E-state index in [1.807, 2.05) is 0 Å². The number of ether oxygens (including phenoxy) is 1. The Kier molecular flexibility index (Phi) is 5.39. The lowest BCUT2D eigenvalue weighted by molar-refractivity contribution is -0.149. The van der Waals surface area contributed by atoms with E-state index in [0.717, 1.165) is 0 Å². The summed E-state index contributed by atoms with van der Waals surface area (Å²) in [4.78, 5) is 10.8. The Bertz CT molecular complexity index is 908. The number of aromatic hydroxyl groups is 1. The molecule has 4 nitrogen and oxygen atoms in total. The molecule has 2 rings (SSSR count). The van der Waals surface area contributed by atoms with E-state index in [9.17, 15) is 49.4 Å². The van der Waals surface area contributed by atoms with Crippen molar-refractivity contribution < 1.29 is 59.3 Å². The summed E-state index contributed by atoms with van der Waals surface area (Å²) in [5, 5.41) is 18.2. The fourth-order valence-corrected chi connectivity index (χ4v) is 2.20. The Morgan fingerprint density at radius 1 is 0.793 bits per heavy atom. The normalized spacial score (nSPS) is 12.7. The summed E-state index contributed by atoms with van der Waals surface area (Å²) in [6.45, 7) is 0. The summed E-state index contributed by atoms with van der Waals surface area (Å²) in [5.41, 5.74) is -7.66. The number of carboxylic acid groups (broad SMARTS) is 1. The maximum absolute atomic E-state index is 13.2. The van der Waals surface area contributed by atoms with Crippen molar-refractivity contribution in [2.24, 2.45) is 0 Å². The van der Waals surface area contributed by atoms with Crippen LogP contribution in [0.15, 0.2) is 30.3 Å². The highest BCUT2D eigenvalue weighted by molar-refractivity contribution is 5.90. The van der Waals surface area contributed by atoms with Crippen molar-refractivity contribution in [3.05, 3.63) is 52.6 Å². The van der Waals surface area contributed by atoms with Crippen molar-refractivity contribution in [2.45, 2.75) is 18.5 Å². The first-order valence-corrected chi connectivity index (χ1v) is 7.15. The molecule has 13 heteroatoms. The molecule has 0 aliphatic heterocycles. The molecule has 2 aromatic carbocycles. The van der Waals surface area contributed by atoms with E-state index >= 15 is 0 Å². The van der Waals surface area contributed by atoms with Crippen LogP contribution in [0.2, 0.25) is 0 Å². The van der Waals surface area contributed by atoms with Crippen LogP contribution in [0.25, 0.3) is 0 Å². The number of phenols is 1. The second-order valence-electron chi connectivity index (χ2n) is 5.48. The molecule has 0 bridgehead atoms. The Labute approximate surface area is 154 Å². The molecule has 0 saturated carbocycles. The van der Waals surface area contributed by atoms with Gasteiger partial charge in [-0.15, -0.1) is 0 Å². The highest BCUT2D eigenvalue weighted by Gasteiger charge is 2.46. The van der Waals surface area contributed by atoms with Gasteiger partial charge in [0.2, 0.25) is 0 Å². The summed E-state index contributed by atoms with van der Waals surface area (Å²) < 4.78 is 122. The van der Waals surface area contributed by atoms with Gasteiger partial charge >= 0.3 is 24.5 Å².